The van der Waals surface area contributed by atoms with Crippen molar-refractivity contribution in [3.63, 3.8) is 0 Å². The number of H-pyrrole nitrogens is 1. The summed E-state index contributed by atoms with van der Waals surface area (Å²) in [6.07, 6.45) is 3.87. The van der Waals surface area contributed by atoms with Gasteiger partial charge in [0.1, 0.15) is 15.7 Å². The Labute approximate surface area is 200 Å². The Morgan fingerprint density at radius 2 is 2.12 bits per heavy atom. The molecule has 1 aliphatic heterocycles. The van der Waals surface area contributed by atoms with Gasteiger partial charge in [0.25, 0.3) is 0 Å². The van der Waals surface area contributed by atoms with Crippen LogP contribution in [0.3, 0.4) is 0 Å². The zero-order valence-electron chi connectivity index (χ0n) is 18.3. The Morgan fingerprint density at radius 3 is 2.79 bits per heavy atom. The SMILES string of the molecule is CS(=O)(=O)CC1(CNc2nc3nccc(C(=N)N(O)c4ccc(F)c(Cl)c4)c3[nH]2)CCOCC1. The predicted octanol–water partition coefficient (Wildman–Crippen LogP) is 3.22. The van der Waals surface area contributed by atoms with Crippen LogP contribution in [0.15, 0.2) is 30.5 Å². The molecule has 0 atom stereocenters. The van der Waals surface area contributed by atoms with E-state index in [2.05, 4.69) is 20.3 Å². The van der Waals surface area contributed by atoms with E-state index in [1.807, 2.05) is 0 Å². The van der Waals surface area contributed by atoms with Crippen LogP contribution in [0, 0.1) is 16.6 Å². The largest absolute Gasteiger partial charge is 0.381 e. The summed E-state index contributed by atoms with van der Waals surface area (Å²) >= 11 is 5.79. The lowest BCUT2D eigenvalue weighted by atomic mass is 9.82. The van der Waals surface area contributed by atoms with Crippen LogP contribution in [0.5, 0.6) is 0 Å². The topological polar surface area (TPSA) is 144 Å². The van der Waals surface area contributed by atoms with Gasteiger partial charge in [-0.2, -0.15) is 4.98 Å². The van der Waals surface area contributed by atoms with Gasteiger partial charge in [-0.05, 0) is 37.1 Å². The van der Waals surface area contributed by atoms with Gasteiger partial charge in [0, 0.05) is 43.2 Å². The van der Waals surface area contributed by atoms with Gasteiger partial charge >= 0.3 is 0 Å². The van der Waals surface area contributed by atoms with Crippen molar-refractivity contribution in [3.05, 3.63) is 46.9 Å². The molecule has 0 saturated carbocycles. The van der Waals surface area contributed by atoms with Crippen molar-refractivity contribution in [3.8, 4) is 0 Å². The molecule has 0 bridgehead atoms. The second kappa shape index (κ2) is 9.45. The minimum absolute atomic E-state index is 0.0322. The van der Waals surface area contributed by atoms with Gasteiger partial charge in [0.2, 0.25) is 5.95 Å². The summed E-state index contributed by atoms with van der Waals surface area (Å²) in [7, 11) is -3.20. The normalized spacial score (nSPS) is 15.9. The number of nitrogens with one attached hydrogen (secondary N) is 3. The van der Waals surface area contributed by atoms with Crippen LogP contribution in [0.1, 0.15) is 18.4 Å². The smallest absolute Gasteiger partial charge is 0.202 e. The van der Waals surface area contributed by atoms with Gasteiger partial charge < -0.3 is 15.0 Å². The molecule has 0 amide bonds. The van der Waals surface area contributed by atoms with Crippen molar-refractivity contribution >= 4 is 50.1 Å². The highest BCUT2D eigenvalue weighted by atomic mass is 35.5. The molecular weight excluding hydrogens is 487 g/mol. The molecule has 3 heterocycles. The van der Waals surface area contributed by atoms with Crippen molar-refractivity contribution in [1.29, 1.82) is 5.41 Å². The van der Waals surface area contributed by atoms with E-state index in [1.54, 1.807) is 0 Å². The fraction of sp³-hybridized carbons (Fsp3) is 0.381. The zero-order chi connectivity index (χ0) is 24.5. The molecule has 34 heavy (non-hydrogen) atoms. The number of halogens is 2. The number of aromatic amines is 1. The van der Waals surface area contributed by atoms with Crippen LogP contribution in [-0.4, -0.2) is 66.2 Å². The lowest BCUT2D eigenvalue weighted by Gasteiger charge is -2.36. The Kier molecular flexibility index (Phi) is 6.76. The van der Waals surface area contributed by atoms with Crippen LogP contribution in [0.25, 0.3) is 11.2 Å². The first-order valence-corrected chi connectivity index (χ1v) is 12.9. The van der Waals surface area contributed by atoms with Crippen molar-refractivity contribution < 1.29 is 22.8 Å². The van der Waals surface area contributed by atoms with E-state index in [9.17, 15) is 18.0 Å². The average molecular weight is 511 g/mol. The second-order valence-corrected chi connectivity index (χ2v) is 11.0. The average Bonchev–Trinajstić information content (AvgIpc) is 3.21. The third-order valence-corrected chi connectivity index (χ3v) is 7.19. The maximum absolute atomic E-state index is 13.5. The third-order valence-electron chi connectivity index (χ3n) is 5.76. The Balaban J connectivity index is 1.58. The molecule has 13 heteroatoms. The van der Waals surface area contributed by atoms with E-state index in [4.69, 9.17) is 21.7 Å². The monoisotopic (exact) mass is 510 g/mol. The highest BCUT2D eigenvalue weighted by Gasteiger charge is 2.36. The number of aromatic nitrogens is 3. The number of amidine groups is 1. The molecule has 3 aromatic rings. The minimum Gasteiger partial charge on any atom is -0.381 e. The van der Waals surface area contributed by atoms with E-state index in [0.717, 1.165) is 6.07 Å². The third kappa shape index (κ3) is 5.30. The number of ether oxygens (including phenoxy) is 1. The van der Waals surface area contributed by atoms with Crippen molar-refractivity contribution in [2.24, 2.45) is 5.41 Å². The molecule has 1 aromatic carbocycles. The lowest BCUT2D eigenvalue weighted by Crippen LogP contribution is -2.41. The van der Waals surface area contributed by atoms with Crippen LogP contribution < -0.4 is 10.4 Å². The molecule has 4 rings (SSSR count). The summed E-state index contributed by atoms with van der Waals surface area (Å²) in [4.78, 5) is 11.7. The van der Waals surface area contributed by atoms with E-state index in [0.29, 0.717) is 60.3 Å². The van der Waals surface area contributed by atoms with Crippen molar-refractivity contribution in [1.82, 2.24) is 15.0 Å². The minimum atomic E-state index is -3.20. The van der Waals surface area contributed by atoms with Gasteiger partial charge in [-0.25, -0.2) is 22.9 Å². The van der Waals surface area contributed by atoms with Crippen LogP contribution in [-0.2, 0) is 14.6 Å². The Morgan fingerprint density at radius 1 is 1.38 bits per heavy atom. The van der Waals surface area contributed by atoms with Gasteiger partial charge in [-0.3, -0.25) is 10.6 Å². The molecule has 10 nitrogen and oxygen atoms in total. The van der Waals surface area contributed by atoms with E-state index >= 15 is 0 Å². The summed E-state index contributed by atoms with van der Waals surface area (Å²) in [6, 6.07) is 5.13. The fourth-order valence-electron chi connectivity index (χ4n) is 4.06. The maximum atomic E-state index is 13.5. The summed E-state index contributed by atoms with van der Waals surface area (Å²) in [6.45, 7) is 1.33. The Hall–Kier alpha value is -2.80. The number of pyridine rings is 1. The number of nitrogens with zero attached hydrogens (tertiary/aromatic N) is 3. The molecule has 4 N–H and O–H groups in total. The molecule has 0 spiro atoms. The first-order chi connectivity index (χ1) is 16.1. The van der Waals surface area contributed by atoms with E-state index in [1.165, 1.54) is 30.7 Å². The van der Waals surface area contributed by atoms with Crippen molar-refractivity contribution in [2.45, 2.75) is 12.8 Å². The molecular formula is C21H24ClFN6O4S. The summed E-state index contributed by atoms with van der Waals surface area (Å²) in [5.41, 5.74) is 0.620. The van der Waals surface area contributed by atoms with Gasteiger partial charge in [-0.15, -0.1) is 0 Å². The lowest BCUT2D eigenvalue weighted by molar-refractivity contribution is 0.0314. The predicted molar refractivity (Wildman–Crippen MR) is 127 cm³/mol. The number of rotatable bonds is 7. The van der Waals surface area contributed by atoms with Crippen LogP contribution in [0.4, 0.5) is 16.0 Å². The molecule has 0 radical (unpaired) electrons. The second-order valence-electron chi connectivity index (χ2n) is 8.44. The van der Waals surface area contributed by atoms with Crippen molar-refractivity contribution in [2.75, 3.05) is 42.1 Å². The molecule has 1 fully saturated rings. The number of hydroxylamine groups is 1. The molecule has 0 unspecified atom stereocenters. The van der Waals surface area contributed by atoms with Crippen LogP contribution in [0.2, 0.25) is 5.02 Å². The first-order valence-electron chi connectivity index (χ1n) is 10.4. The molecule has 1 saturated heterocycles. The number of anilines is 2. The maximum Gasteiger partial charge on any atom is 0.202 e. The number of hydrogen-bond acceptors (Lipinski definition) is 8. The number of fused-ring (bicyclic) bond motifs is 1. The van der Waals surface area contributed by atoms with Gasteiger partial charge in [-0.1, -0.05) is 11.6 Å². The van der Waals surface area contributed by atoms with E-state index < -0.39 is 21.1 Å². The molecule has 1 aliphatic rings. The quantitative estimate of drug-likeness (QED) is 0.215. The zero-order valence-corrected chi connectivity index (χ0v) is 19.9. The number of imidazole rings is 1. The van der Waals surface area contributed by atoms with Gasteiger partial charge in [0.05, 0.1) is 22.0 Å². The summed E-state index contributed by atoms with van der Waals surface area (Å²) in [5.74, 6) is -0.552. The summed E-state index contributed by atoms with van der Waals surface area (Å²) < 4.78 is 42.9. The van der Waals surface area contributed by atoms with Crippen LogP contribution >= 0.6 is 11.6 Å². The highest BCUT2D eigenvalue weighted by Crippen LogP contribution is 2.33. The number of sulfone groups is 1. The highest BCUT2D eigenvalue weighted by molar-refractivity contribution is 7.90. The van der Waals surface area contributed by atoms with Gasteiger partial charge in [0.15, 0.2) is 11.5 Å². The first kappa shape index (κ1) is 24.3. The standard InChI is InChI=1S/C21H24ClFN6O4S/c1-34(31,32)12-21(5-8-33-9-6-21)11-26-20-27-17-14(4-7-25-19(17)28-20)18(24)29(30)13-2-3-16(23)15(22)10-13/h2-4,7,10,24,30H,5-6,8-9,11-12H2,1H3,(H2,25,26,27,28). The molecule has 0 aliphatic carbocycles. The molecule has 182 valence electrons. The Bertz CT molecular complexity index is 1330. The molecule has 2 aromatic heterocycles. The van der Waals surface area contributed by atoms with E-state index in [-0.39, 0.29) is 22.3 Å². The number of hydrogen-bond donors (Lipinski definition) is 4. The summed E-state index contributed by atoms with van der Waals surface area (Å²) in [5, 5.41) is 22.5. The number of benzene rings is 1. The fourth-order valence-corrected chi connectivity index (χ4v) is 5.73.